The molecule has 2 aromatic carbocycles. The molecule has 3 heterocycles. The normalized spacial score (nSPS) is 14.3. The molecule has 4 aromatic rings. The fourth-order valence-electron chi connectivity index (χ4n) is 4.79. The number of carbonyl (C=O) groups is 1. The first-order valence-corrected chi connectivity index (χ1v) is 14.2. The van der Waals surface area contributed by atoms with Crippen LogP contribution < -0.4 is 9.64 Å². The van der Waals surface area contributed by atoms with Crippen LogP contribution in [0, 0.1) is 19.8 Å². The Morgan fingerprint density at radius 1 is 1.15 bits per heavy atom. The summed E-state index contributed by atoms with van der Waals surface area (Å²) in [5.74, 6) is -0.368. The van der Waals surface area contributed by atoms with Crippen LogP contribution in [-0.4, -0.2) is 34.1 Å². The van der Waals surface area contributed by atoms with Crippen LogP contribution in [0.2, 0.25) is 5.02 Å². The topological polar surface area (TPSA) is 75.5 Å². The van der Waals surface area contributed by atoms with Gasteiger partial charge in [-0.1, -0.05) is 35.4 Å². The Morgan fingerprint density at radius 3 is 2.56 bits per heavy atom. The van der Waals surface area contributed by atoms with Crippen molar-refractivity contribution >= 4 is 34.0 Å². The average molecular weight is 602 g/mol. The number of alkyl halides is 3. The Bertz CT molecular complexity index is 1580. The molecule has 1 saturated heterocycles. The summed E-state index contributed by atoms with van der Waals surface area (Å²) in [5, 5.41) is 12.1. The van der Waals surface area contributed by atoms with Crippen LogP contribution in [0.1, 0.15) is 35.1 Å². The van der Waals surface area contributed by atoms with Crippen LogP contribution in [0.25, 0.3) is 22.5 Å². The molecule has 1 fully saturated rings. The van der Waals surface area contributed by atoms with Gasteiger partial charge in [-0.25, -0.2) is 4.98 Å². The first kappa shape index (κ1) is 28.9. The Labute approximate surface area is 244 Å². The number of thiazole rings is 1. The molecule has 0 spiro atoms. The Morgan fingerprint density at radius 2 is 1.90 bits per heavy atom. The van der Waals surface area contributed by atoms with Crippen LogP contribution in [0.15, 0.2) is 54.0 Å². The molecule has 1 N–H and O–H groups in total. The lowest BCUT2D eigenvalue weighted by molar-refractivity contribution is -0.142. The lowest BCUT2D eigenvalue weighted by atomic mass is 9.97. The Balaban J connectivity index is 1.31. The van der Waals surface area contributed by atoms with Crippen LogP contribution in [0.3, 0.4) is 0 Å². The van der Waals surface area contributed by atoms with Crippen molar-refractivity contribution < 1.29 is 27.8 Å². The number of pyridine rings is 1. The maximum atomic E-state index is 13.0. The summed E-state index contributed by atoms with van der Waals surface area (Å²) in [6, 6.07) is 12.3. The maximum Gasteiger partial charge on any atom is 0.417 e. The van der Waals surface area contributed by atoms with E-state index in [1.165, 1.54) is 11.3 Å². The minimum Gasteiger partial charge on any atom is -0.488 e. The van der Waals surface area contributed by atoms with E-state index >= 15 is 0 Å². The average Bonchev–Trinajstić information content (AvgIpc) is 3.43. The zero-order valence-corrected chi connectivity index (χ0v) is 23.9. The number of rotatable bonds is 7. The van der Waals surface area contributed by atoms with E-state index < -0.39 is 17.7 Å². The van der Waals surface area contributed by atoms with Crippen molar-refractivity contribution in [2.75, 3.05) is 18.0 Å². The van der Waals surface area contributed by atoms with Crippen LogP contribution >= 0.6 is 22.9 Å². The molecule has 0 amide bonds. The number of aryl methyl sites for hydroxylation is 2. The van der Waals surface area contributed by atoms with Gasteiger partial charge in [0, 0.05) is 35.8 Å². The predicted molar refractivity (Wildman–Crippen MR) is 154 cm³/mol. The third-order valence-corrected chi connectivity index (χ3v) is 8.38. The first-order chi connectivity index (χ1) is 19.5. The van der Waals surface area contributed by atoms with Crippen molar-refractivity contribution in [3.63, 3.8) is 0 Å². The van der Waals surface area contributed by atoms with Crippen molar-refractivity contribution in [1.82, 2.24) is 9.97 Å². The quantitative estimate of drug-likeness (QED) is 0.231. The third kappa shape index (κ3) is 6.49. The van der Waals surface area contributed by atoms with Gasteiger partial charge in [-0.15, -0.1) is 11.3 Å². The van der Waals surface area contributed by atoms with Gasteiger partial charge < -0.3 is 14.7 Å². The summed E-state index contributed by atoms with van der Waals surface area (Å²) in [6.45, 7) is 5.49. The van der Waals surface area contributed by atoms with Crippen molar-refractivity contribution in [3.05, 3.63) is 81.3 Å². The second kappa shape index (κ2) is 11.7. The summed E-state index contributed by atoms with van der Waals surface area (Å²) in [7, 11) is 0. The van der Waals surface area contributed by atoms with Gasteiger partial charge in [0.1, 0.15) is 12.4 Å². The lowest BCUT2D eigenvalue weighted by Crippen LogP contribution is -2.36. The molecule has 0 radical (unpaired) electrons. The van der Waals surface area contributed by atoms with E-state index in [-0.39, 0.29) is 23.2 Å². The number of aliphatic carboxylic acids is 1. The second-order valence-electron chi connectivity index (χ2n) is 10.1. The standard InChI is InChI=1S/C30H27ClF3N3O3S/c1-17-3-6-26(23(11-17)25-16-41-29(36-25)37-9-7-19(8-10-37)28(38)39)40-15-21-5-4-20(12-18(21)2)27-24(31)13-22(14-35-27)30(32,33)34/h3-6,11-14,16,19H,7-10,15H2,1-2H3,(H,38,39). The number of anilines is 1. The van der Waals surface area contributed by atoms with E-state index in [1.54, 1.807) is 6.07 Å². The minimum atomic E-state index is -4.51. The highest BCUT2D eigenvalue weighted by Crippen LogP contribution is 2.37. The number of benzene rings is 2. The first-order valence-electron chi connectivity index (χ1n) is 13.0. The summed E-state index contributed by atoms with van der Waals surface area (Å²) < 4.78 is 45.2. The molecule has 0 bridgehead atoms. The number of hydrogen-bond donors (Lipinski definition) is 1. The number of piperidine rings is 1. The van der Waals surface area contributed by atoms with E-state index in [4.69, 9.17) is 21.3 Å². The van der Waals surface area contributed by atoms with Gasteiger partial charge in [0.25, 0.3) is 0 Å². The van der Waals surface area contributed by atoms with E-state index in [1.807, 2.05) is 49.6 Å². The van der Waals surface area contributed by atoms with Crippen molar-refractivity contribution in [2.24, 2.45) is 5.92 Å². The smallest absolute Gasteiger partial charge is 0.417 e. The largest absolute Gasteiger partial charge is 0.488 e. The molecular formula is C30H27ClF3N3O3S. The molecular weight excluding hydrogens is 575 g/mol. The highest BCUT2D eigenvalue weighted by molar-refractivity contribution is 7.14. The summed E-state index contributed by atoms with van der Waals surface area (Å²) in [4.78, 5) is 22.2. The van der Waals surface area contributed by atoms with Crippen LogP contribution in [-0.2, 0) is 17.6 Å². The zero-order chi connectivity index (χ0) is 29.3. The highest BCUT2D eigenvalue weighted by Gasteiger charge is 2.32. The highest BCUT2D eigenvalue weighted by atomic mass is 35.5. The number of aromatic nitrogens is 2. The number of nitrogens with zero attached hydrogens (tertiary/aromatic N) is 3. The molecule has 0 saturated carbocycles. The zero-order valence-electron chi connectivity index (χ0n) is 22.3. The monoisotopic (exact) mass is 601 g/mol. The van der Waals surface area contributed by atoms with Crippen LogP contribution in [0.4, 0.5) is 18.3 Å². The molecule has 2 aromatic heterocycles. The van der Waals surface area contributed by atoms with Crippen molar-refractivity contribution in [2.45, 2.75) is 39.5 Å². The Kier molecular flexibility index (Phi) is 8.24. The molecule has 214 valence electrons. The van der Waals surface area contributed by atoms with E-state index in [0.717, 1.165) is 45.3 Å². The number of halogens is 4. The van der Waals surface area contributed by atoms with E-state index in [2.05, 4.69) is 9.88 Å². The summed E-state index contributed by atoms with van der Waals surface area (Å²) in [6.07, 6.45) is -2.53. The lowest BCUT2D eigenvalue weighted by Gasteiger charge is -2.29. The molecule has 0 atom stereocenters. The maximum absolute atomic E-state index is 13.0. The van der Waals surface area contributed by atoms with Gasteiger partial charge >= 0.3 is 12.1 Å². The third-order valence-electron chi connectivity index (χ3n) is 7.19. The number of carboxylic acids is 1. The summed E-state index contributed by atoms with van der Waals surface area (Å²) >= 11 is 7.67. The molecule has 6 nitrogen and oxygen atoms in total. The molecule has 41 heavy (non-hydrogen) atoms. The van der Waals surface area contributed by atoms with Gasteiger partial charge in [-0.3, -0.25) is 9.78 Å². The molecule has 0 aliphatic carbocycles. The number of ether oxygens (including phenoxy) is 1. The van der Waals surface area contributed by atoms with Crippen LogP contribution in [0.5, 0.6) is 5.75 Å². The molecule has 1 aliphatic rings. The van der Waals surface area contributed by atoms with Crippen molar-refractivity contribution in [3.8, 4) is 28.3 Å². The molecule has 0 unspecified atom stereocenters. The number of carboxylic acid groups (broad SMARTS) is 1. The molecule has 11 heteroatoms. The fourth-order valence-corrected chi connectivity index (χ4v) is 5.94. The van der Waals surface area contributed by atoms with Gasteiger partial charge in [-0.2, -0.15) is 13.2 Å². The number of hydrogen-bond acceptors (Lipinski definition) is 6. The van der Waals surface area contributed by atoms with Gasteiger partial charge in [0.05, 0.1) is 27.9 Å². The van der Waals surface area contributed by atoms with Crippen molar-refractivity contribution in [1.29, 1.82) is 0 Å². The fraction of sp³-hybridized carbons (Fsp3) is 0.300. The van der Waals surface area contributed by atoms with Gasteiger partial charge in [0.2, 0.25) is 0 Å². The Hall–Kier alpha value is -3.63. The van der Waals surface area contributed by atoms with E-state index in [9.17, 15) is 23.1 Å². The predicted octanol–water partition coefficient (Wildman–Crippen LogP) is 8.04. The molecule has 5 rings (SSSR count). The minimum absolute atomic E-state index is 0.0681. The van der Waals surface area contributed by atoms with Gasteiger partial charge in [0.15, 0.2) is 5.13 Å². The molecule has 1 aliphatic heterocycles. The second-order valence-corrected chi connectivity index (χ2v) is 11.3. The SMILES string of the molecule is Cc1ccc(OCc2ccc(-c3ncc(C(F)(F)F)cc3Cl)cc2C)c(-c2csc(N3CCC(C(=O)O)CC3)n2)c1. The summed E-state index contributed by atoms with van der Waals surface area (Å²) in [5.41, 5.74) is 4.51. The van der Waals surface area contributed by atoms with E-state index in [0.29, 0.717) is 37.2 Å². The van der Waals surface area contributed by atoms with Gasteiger partial charge in [-0.05, 0) is 62.1 Å².